The van der Waals surface area contributed by atoms with Gasteiger partial charge in [-0.3, -0.25) is 4.79 Å². The van der Waals surface area contributed by atoms with Gasteiger partial charge in [-0.25, -0.2) is 0 Å². The summed E-state index contributed by atoms with van der Waals surface area (Å²) in [5, 5.41) is 5.79. The van der Waals surface area contributed by atoms with Crippen molar-refractivity contribution in [3.05, 3.63) is 40.9 Å². The highest BCUT2D eigenvalue weighted by atomic mass is 79.9. The molecule has 0 aliphatic carbocycles. The number of benzene rings is 2. The Kier molecular flexibility index (Phi) is 5.01. The van der Waals surface area contributed by atoms with Gasteiger partial charge in [-0.2, -0.15) is 0 Å². The maximum absolute atomic E-state index is 11.5. The largest absolute Gasteiger partial charge is 0.385 e. The zero-order chi connectivity index (χ0) is 14.5. The van der Waals surface area contributed by atoms with Crippen LogP contribution in [0.1, 0.15) is 12.8 Å². The molecule has 2 rings (SSSR count). The minimum absolute atomic E-state index is 0.176. The normalized spacial score (nSPS) is 10.6. The Labute approximate surface area is 128 Å². The second kappa shape index (κ2) is 6.75. The molecule has 2 aromatic carbocycles. The topological polar surface area (TPSA) is 32.3 Å². The highest BCUT2D eigenvalue weighted by molar-refractivity contribution is 9.10. The molecule has 0 unspecified atom stereocenters. The third kappa shape index (κ3) is 3.97. The summed E-state index contributed by atoms with van der Waals surface area (Å²) in [7, 11) is 3.58. The molecule has 0 aliphatic rings. The first-order valence-electron chi connectivity index (χ1n) is 6.69. The number of hydrogen-bond acceptors (Lipinski definition) is 2. The lowest BCUT2D eigenvalue weighted by Gasteiger charge is -2.11. The van der Waals surface area contributed by atoms with E-state index in [2.05, 4.69) is 51.6 Å². The van der Waals surface area contributed by atoms with Gasteiger partial charge in [0, 0.05) is 37.2 Å². The summed E-state index contributed by atoms with van der Waals surface area (Å²) in [4.78, 5) is 13.1. The lowest BCUT2D eigenvalue weighted by atomic mass is 10.1. The summed E-state index contributed by atoms with van der Waals surface area (Å²) in [6.07, 6.45) is 1.43. The number of halogens is 1. The molecule has 4 heteroatoms. The summed E-state index contributed by atoms with van der Waals surface area (Å²) >= 11 is 3.48. The maximum atomic E-state index is 11.5. The van der Waals surface area contributed by atoms with Crippen LogP contribution in [0.2, 0.25) is 0 Å². The predicted octanol–water partition coefficient (Wildman–Crippen LogP) is 3.88. The molecule has 0 aliphatic heterocycles. The Morgan fingerprint density at radius 1 is 1.15 bits per heavy atom. The molecule has 0 saturated carbocycles. The Morgan fingerprint density at radius 3 is 2.60 bits per heavy atom. The molecule has 0 fully saturated rings. The molecule has 3 nitrogen and oxygen atoms in total. The molecule has 0 bridgehead atoms. The smallest absolute Gasteiger partial charge is 0.222 e. The monoisotopic (exact) mass is 334 g/mol. The van der Waals surface area contributed by atoms with Gasteiger partial charge < -0.3 is 10.2 Å². The predicted molar refractivity (Wildman–Crippen MR) is 88.1 cm³/mol. The van der Waals surface area contributed by atoms with Crippen molar-refractivity contribution >= 4 is 38.3 Å². The van der Waals surface area contributed by atoms with E-state index in [1.165, 1.54) is 10.8 Å². The van der Waals surface area contributed by atoms with Crippen molar-refractivity contribution in [3.8, 4) is 0 Å². The standard InChI is InChI=1S/C16H19BrN2O/c1-19(2)16(20)4-3-9-18-15-8-6-12-10-14(17)7-5-13(12)11-15/h5-8,10-11,18H,3-4,9H2,1-2H3. The lowest BCUT2D eigenvalue weighted by Crippen LogP contribution is -2.21. The number of rotatable bonds is 5. The number of nitrogens with zero attached hydrogens (tertiary/aromatic N) is 1. The van der Waals surface area contributed by atoms with Crippen LogP contribution in [0.25, 0.3) is 10.8 Å². The summed E-state index contributed by atoms with van der Waals surface area (Å²) in [5.41, 5.74) is 1.09. The third-order valence-corrected chi connectivity index (χ3v) is 3.69. The molecule has 106 valence electrons. The number of carbonyl (C=O) groups excluding carboxylic acids is 1. The van der Waals surface area contributed by atoms with Gasteiger partial charge in [0.1, 0.15) is 0 Å². The molecule has 0 spiro atoms. The average molecular weight is 335 g/mol. The van der Waals surface area contributed by atoms with Crippen molar-refractivity contribution in [1.82, 2.24) is 4.90 Å². The average Bonchev–Trinajstić information content (AvgIpc) is 2.43. The molecule has 0 atom stereocenters. The molecule has 0 radical (unpaired) electrons. The van der Waals surface area contributed by atoms with E-state index in [1.54, 1.807) is 19.0 Å². The summed E-state index contributed by atoms with van der Waals surface area (Å²) in [6, 6.07) is 12.6. The summed E-state index contributed by atoms with van der Waals surface area (Å²) < 4.78 is 1.09. The van der Waals surface area contributed by atoms with Gasteiger partial charge >= 0.3 is 0 Å². The highest BCUT2D eigenvalue weighted by Crippen LogP contribution is 2.22. The van der Waals surface area contributed by atoms with Crippen LogP contribution in [0.3, 0.4) is 0 Å². The number of nitrogens with one attached hydrogen (secondary N) is 1. The first kappa shape index (κ1) is 14.9. The second-order valence-corrected chi connectivity index (χ2v) is 5.94. The molecule has 2 aromatic rings. The molecule has 1 amide bonds. The van der Waals surface area contributed by atoms with Crippen LogP contribution >= 0.6 is 15.9 Å². The first-order valence-corrected chi connectivity index (χ1v) is 7.49. The Hall–Kier alpha value is -1.55. The molecule has 1 N–H and O–H groups in total. The van der Waals surface area contributed by atoms with Gasteiger partial charge in [0.2, 0.25) is 5.91 Å². The van der Waals surface area contributed by atoms with Crippen molar-refractivity contribution in [2.75, 3.05) is 26.0 Å². The van der Waals surface area contributed by atoms with Gasteiger partial charge in [0.05, 0.1) is 0 Å². The number of hydrogen-bond donors (Lipinski definition) is 1. The van der Waals surface area contributed by atoms with Gasteiger partial charge in [0.15, 0.2) is 0 Å². The third-order valence-electron chi connectivity index (χ3n) is 3.20. The SMILES string of the molecule is CN(C)C(=O)CCCNc1ccc2cc(Br)ccc2c1. The Bertz CT molecular complexity index is 610. The minimum atomic E-state index is 0.176. The Morgan fingerprint density at radius 2 is 1.85 bits per heavy atom. The van der Waals surface area contributed by atoms with Crippen molar-refractivity contribution in [2.45, 2.75) is 12.8 Å². The molecule has 0 heterocycles. The molecular weight excluding hydrogens is 316 g/mol. The number of fused-ring (bicyclic) bond motifs is 1. The quantitative estimate of drug-likeness (QED) is 0.841. The van der Waals surface area contributed by atoms with Crippen LogP contribution in [-0.4, -0.2) is 31.4 Å². The van der Waals surface area contributed by atoms with Crippen LogP contribution in [0, 0.1) is 0 Å². The summed E-state index contributed by atoms with van der Waals surface area (Å²) in [5.74, 6) is 0.176. The molecular formula is C16H19BrN2O. The molecule has 20 heavy (non-hydrogen) atoms. The van der Waals surface area contributed by atoms with E-state index in [4.69, 9.17) is 0 Å². The zero-order valence-electron chi connectivity index (χ0n) is 11.8. The van der Waals surface area contributed by atoms with E-state index in [1.807, 2.05) is 6.07 Å². The van der Waals surface area contributed by atoms with Gasteiger partial charge in [-0.15, -0.1) is 0 Å². The van der Waals surface area contributed by atoms with Gasteiger partial charge in [0.25, 0.3) is 0 Å². The van der Waals surface area contributed by atoms with Gasteiger partial charge in [-0.1, -0.05) is 28.1 Å². The molecule has 0 saturated heterocycles. The fraction of sp³-hybridized carbons (Fsp3) is 0.312. The number of carbonyl (C=O) groups is 1. The first-order chi connectivity index (χ1) is 9.56. The van der Waals surface area contributed by atoms with Crippen LogP contribution in [0.4, 0.5) is 5.69 Å². The van der Waals surface area contributed by atoms with Crippen molar-refractivity contribution in [1.29, 1.82) is 0 Å². The van der Waals surface area contributed by atoms with E-state index in [-0.39, 0.29) is 5.91 Å². The van der Waals surface area contributed by atoms with Crippen molar-refractivity contribution < 1.29 is 4.79 Å². The van der Waals surface area contributed by atoms with Crippen LogP contribution in [0.5, 0.6) is 0 Å². The van der Waals surface area contributed by atoms with Crippen LogP contribution in [0.15, 0.2) is 40.9 Å². The van der Waals surface area contributed by atoms with Crippen LogP contribution in [-0.2, 0) is 4.79 Å². The van der Waals surface area contributed by atoms with Crippen molar-refractivity contribution in [3.63, 3.8) is 0 Å². The Balaban J connectivity index is 1.90. The highest BCUT2D eigenvalue weighted by Gasteiger charge is 2.03. The minimum Gasteiger partial charge on any atom is -0.385 e. The van der Waals surface area contributed by atoms with E-state index in [0.29, 0.717) is 6.42 Å². The fourth-order valence-electron chi connectivity index (χ4n) is 2.02. The second-order valence-electron chi connectivity index (χ2n) is 5.02. The van der Waals surface area contributed by atoms with E-state index in [0.717, 1.165) is 23.1 Å². The van der Waals surface area contributed by atoms with Crippen LogP contribution < -0.4 is 5.32 Å². The fourth-order valence-corrected chi connectivity index (χ4v) is 2.40. The maximum Gasteiger partial charge on any atom is 0.222 e. The lowest BCUT2D eigenvalue weighted by molar-refractivity contribution is -0.128. The van der Waals surface area contributed by atoms with Crippen molar-refractivity contribution in [2.24, 2.45) is 0 Å². The van der Waals surface area contributed by atoms with E-state index >= 15 is 0 Å². The summed E-state index contributed by atoms with van der Waals surface area (Å²) in [6.45, 7) is 0.807. The molecule has 0 aromatic heterocycles. The zero-order valence-corrected chi connectivity index (χ0v) is 13.4. The number of amides is 1. The van der Waals surface area contributed by atoms with E-state index < -0.39 is 0 Å². The van der Waals surface area contributed by atoms with E-state index in [9.17, 15) is 4.79 Å². The number of anilines is 1. The van der Waals surface area contributed by atoms with Gasteiger partial charge in [-0.05, 0) is 41.5 Å².